The number of carboxylic acid groups (broad SMARTS) is 1. The highest BCUT2D eigenvalue weighted by Crippen LogP contribution is 2.28. The van der Waals surface area contributed by atoms with Gasteiger partial charge < -0.3 is 14.4 Å². The zero-order valence-corrected chi connectivity index (χ0v) is 19.3. The maximum atomic E-state index is 14.0. The molecule has 1 N–H and O–H groups in total. The molecule has 0 fully saturated rings. The lowest BCUT2D eigenvalue weighted by Crippen LogP contribution is -2.23. The molecule has 1 heterocycles. The Bertz CT molecular complexity index is 1090. The predicted molar refractivity (Wildman–Crippen MR) is 124 cm³/mol. The van der Waals surface area contributed by atoms with Crippen molar-refractivity contribution >= 4 is 17.6 Å². The Hall–Kier alpha value is -2.86. The number of aryl methyl sites for hydroxylation is 1. The van der Waals surface area contributed by atoms with E-state index in [2.05, 4.69) is 4.98 Å². The van der Waals surface area contributed by atoms with Crippen molar-refractivity contribution in [1.82, 2.24) is 9.55 Å². The molecule has 3 aromatic rings. The number of ether oxygens (including phenoxy) is 1. The zero-order valence-electron chi connectivity index (χ0n) is 18.6. The molecule has 0 unspecified atom stereocenters. The summed E-state index contributed by atoms with van der Waals surface area (Å²) in [6.07, 6.45) is 3.90. The Morgan fingerprint density at radius 1 is 1.22 bits per heavy atom. The van der Waals surface area contributed by atoms with Crippen molar-refractivity contribution in [2.75, 3.05) is 6.61 Å². The van der Waals surface area contributed by atoms with Crippen LogP contribution in [0.5, 0.6) is 5.75 Å². The maximum absolute atomic E-state index is 14.0. The number of aliphatic carboxylic acids is 1. The van der Waals surface area contributed by atoms with Crippen molar-refractivity contribution in [2.24, 2.45) is 5.41 Å². The van der Waals surface area contributed by atoms with E-state index < -0.39 is 17.2 Å². The monoisotopic (exact) mass is 458 g/mol. The molecule has 0 atom stereocenters. The van der Waals surface area contributed by atoms with E-state index >= 15 is 0 Å². The summed E-state index contributed by atoms with van der Waals surface area (Å²) in [6, 6.07) is 12.5. The number of para-hydroxylation sites is 1. The summed E-state index contributed by atoms with van der Waals surface area (Å²) in [4.78, 5) is 15.7. The fourth-order valence-corrected chi connectivity index (χ4v) is 3.55. The van der Waals surface area contributed by atoms with Gasteiger partial charge in [-0.15, -0.1) is 0 Å². The summed E-state index contributed by atoms with van der Waals surface area (Å²) in [6.45, 7) is 6.46. The van der Waals surface area contributed by atoms with Crippen LogP contribution in [0.4, 0.5) is 4.39 Å². The molecule has 0 amide bonds. The van der Waals surface area contributed by atoms with Gasteiger partial charge in [-0.2, -0.15) is 0 Å². The molecule has 2 aromatic carbocycles. The van der Waals surface area contributed by atoms with Crippen molar-refractivity contribution in [1.29, 1.82) is 0 Å². The van der Waals surface area contributed by atoms with E-state index in [0.717, 1.165) is 29.8 Å². The van der Waals surface area contributed by atoms with Crippen LogP contribution in [-0.2, 0) is 11.3 Å². The van der Waals surface area contributed by atoms with Gasteiger partial charge in [0.25, 0.3) is 0 Å². The van der Waals surface area contributed by atoms with E-state index in [1.54, 1.807) is 26.1 Å². The minimum atomic E-state index is -0.782. The number of aromatic nitrogens is 2. The molecule has 170 valence electrons. The van der Waals surface area contributed by atoms with E-state index in [-0.39, 0.29) is 5.02 Å². The number of carboxylic acids is 1. The number of rotatable bonds is 10. The largest absolute Gasteiger partial charge is 0.493 e. The van der Waals surface area contributed by atoms with Crippen molar-refractivity contribution in [3.05, 3.63) is 70.8 Å². The van der Waals surface area contributed by atoms with Gasteiger partial charge in [-0.3, -0.25) is 4.79 Å². The van der Waals surface area contributed by atoms with Gasteiger partial charge >= 0.3 is 5.97 Å². The average Bonchev–Trinajstić information content (AvgIpc) is 3.11. The minimum absolute atomic E-state index is 0.0778. The maximum Gasteiger partial charge on any atom is 0.309 e. The van der Waals surface area contributed by atoms with E-state index in [9.17, 15) is 14.3 Å². The molecule has 7 heteroatoms. The molecule has 32 heavy (non-hydrogen) atoms. The molecule has 0 saturated carbocycles. The van der Waals surface area contributed by atoms with Crippen LogP contribution in [-0.4, -0.2) is 27.2 Å². The highest BCUT2D eigenvalue weighted by Gasteiger charge is 2.26. The number of halogens is 2. The Labute approximate surface area is 192 Å². The van der Waals surface area contributed by atoms with E-state index in [0.29, 0.717) is 31.0 Å². The summed E-state index contributed by atoms with van der Waals surface area (Å²) in [5.41, 5.74) is 1.85. The van der Waals surface area contributed by atoms with Crippen LogP contribution in [0.15, 0.2) is 48.7 Å². The summed E-state index contributed by atoms with van der Waals surface area (Å²) in [7, 11) is 0. The van der Waals surface area contributed by atoms with E-state index in [1.807, 2.05) is 35.8 Å². The Morgan fingerprint density at radius 3 is 2.69 bits per heavy atom. The van der Waals surface area contributed by atoms with Gasteiger partial charge in [0.05, 0.1) is 23.6 Å². The summed E-state index contributed by atoms with van der Waals surface area (Å²) in [5, 5.41) is 9.30. The first-order valence-corrected chi connectivity index (χ1v) is 11.0. The number of hydrogen-bond acceptors (Lipinski definition) is 3. The SMILES string of the molecule is Cc1cnc(-c2ccc(Cl)c(F)c2)n1Cc1ccccc1OCCCCC(C)(C)C(=O)O. The lowest BCUT2D eigenvalue weighted by molar-refractivity contribution is -0.147. The van der Waals surface area contributed by atoms with Crippen molar-refractivity contribution in [3.8, 4) is 17.1 Å². The Morgan fingerprint density at radius 2 is 1.97 bits per heavy atom. The smallest absolute Gasteiger partial charge is 0.309 e. The lowest BCUT2D eigenvalue weighted by atomic mass is 9.87. The predicted octanol–water partition coefficient (Wildman–Crippen LogP) is 6.36. The van der Waals surface area contributed by atoms with Gasteiger partial charge in [0.15, 0.2) is 0 Å². The van der Waals surface area contributed by atoms with Crippen LogP contribution >= 0.6 is 11.6 Å². The van der Waals surface area contributed by atoms with Crippen molar-refractivity contribution in [2.45, 2.75) is 46.6 Å². The second-order valence-electron chi connectivity index (χ2n) is 8.54. The first-order valence-electron chi connectivity index (χ1n) is 10.6. The van der Waals surface area contributed by atoms with Gasteiger partial charge in [0.2, 0.25) is 0 Å². The molecule has 1 aromatic heterocycles. The van der Waals surface area contributed by atoms with Crippen molar-refractivity contribution in [3.63, 3.8) is 0 Å². The first kappa shape index (κ1) is 23.8. The molecule has 5 nitrogen and oxygen atoms in total. The molecule has 0 aliphatic rings. The van der Waals surface area contributed by atoms with Gasteiger partial charge in [0.1, 0.15) is 17.4 Å². The van der Waals surface area contributed by atoms with Gasteiger partial charge in [-0.1, -0.05) is 29.8 Å². The Kier molecular flexibility index (Phi) is 7.56. The Balaban J connectivity index is 1.70. The molecule has 0 spiro atoms. The van der Waals surface area contributed by atoms with Gasteiger partial charge in [0, 0.05) is 23.0 Å². The van der Waals surface area contributed by atoms with Crippen LogP contribution < -0.4 is 4.74 Å². The number of imidazole rings is 1. The van der Waals surface area contributed by atoms with E-state index in [4.69, 9.17) is 16.3 Å². The molecule has 0 bridgehead atoms. The molecule has 0 saturated heterocycles. The topological polar surface area (TPSA) is 64.4 Å². The van der Waals surface area contributed by atoms with Crippen LogP contribution in [0.3, 0.4) is 0 Å². The molecular formula is C25H28ClFN2O3. The third kappa shape index (κ3) is 5.68. The quantitative estimate of drug-likeness (QED) is 0.359. The standard InChI is InChI=1S/C25H28ClFN2O3/c1-17-15-28-23(18-10-11-20(26)21(27)14-18)29(17)16-19-8-4-5-9-22(19)32-13-7-6-12-25(2,3)24(30)31/h4-5,8-11,14-15H,6-7,12-13,16H2,1-3H3,(H,30,31). The highest BCUT2D eigenvalue weighted by molar-refractivity contribution is 6.30. The lowest BCUT2D eigenvalue weighted by Gasteiger charge is -2.19. The van der Waals surface area contributed by atoms with Crippen LogP contribution in [0.25, 0.3) is 11.4 Å². The van der Waals surface area contributed by atoms with E-state index in [1.165, 1.54) is 12.1 Å². The van der Waals surface area contributed by atoms with Crippen LogP contribution in [0.2, 0.25) is 5.02 Å². The van der Waals surface area contributed by atoms with Gasteiger partial charge in [-0.25, -0.2) is 9.37 Å². The number of benzene rings is 2. The second-order valence-corrected chi connectivity index (χ2v) is 8.95. The first-order chi connectivity index (χ1) is 15.2. The summed E-state index contributed by atoms with van der Waals surface area (Å²) in [5.74, 6) is 0.164. The van der Waals surface area contributed by atoms with Crippen LogP contribution in [0, 0.1) is 18.2 Å². The molecule has 0 aliphatic heterocycles. The number of unbranched alkanes of at least 4 members (excludes halogenated alkanes) is 1. The highest BCUT2D eigenvalue weighted by atomic mass is 35.5. The summed E-state index contributed by atoms with van der Waals surface area (Å²) < 4.78 is 22.0. The molecular weight excluding hydrogens is 431 g/mol. The average molecular weight is 459 g/mol. The summed E-state index contributed by atoms with van der Waals surface area (Å²) >= 11 is 5.83. The molecule has 0 aliphatic carbocycles. The van der Waals surface area contributed by atoms with Crippen molar-refractivity contribution < 1.29 is 19.0 Å². The normalized spacial score (nSPS) is 11.5. The zero-order chi connectivity index (χ0) is 23.3. The molecule has 3 rings (SSSR count). The number of nitrogens with zero attached hydrogens (tertiary/aromatic N) is 2. The minimum Gasteiger partial charge on any atom is -0.493 e. The number of hydrogen-bond donors (Lipinski definition) is 1. The fourth-order valence-electron chi connectivity index (χ4n) is 3.43. The second kappa shape index (κ2) is 10.2. The fraction of sp³-hybridized carbons (Fsp3) is 0.360. The molecule has 0 radical (unpaired) electrons. The van der Waals surface area contributed by atoms with Gasteiger partial charge in [-0.05, 0) is 64.3 Å². The number of carbonyl (C=O) groups is 1. The third-order valence-corrected chi connectivity index (χ3v) is 5.87. The third-order valence-electron chi connectivity index (χ3n) is 5.57. The van der Waals surface area contributed by atoms with Crippen LogP contribution in [0.1, 0.15) is 44.4 Å².